The Kier molecular flexibility index (Phi) is 8.59. The highest BCUT2D eigenvalue weighted by atomic mass is 16.5. The van der Waals surface area contributed by atoms with E-state index in [1.807, 2.05) is 24.3 Å². The second kappa shape index (κ2) is 12.5. The molecule has 1 N–H and O–H groups in total. The number of ether oxygens (including phenoxy) is 1. The first-order valence-electron chi connectivity index (χ1n) is 14.0. The molecule has 2 aromatic heterocycles. The Labute approximate surface area is 231 Å². The zero-order valence-corrected chi connectivity index (χ0v) is 23.3. The van der Waals surface area contributed by atoms with Gasteiger partial charge in [-0.25, -0.2) is 4.98 Å². The molecule has 0 bridgehead atoms. The molecule has 1 aliphatic rings. The van der Waals surface area contributed by atoms with Crippen molar-refractivity contribution in [2.45, 2.75) is 32.1 Å². The molecular weight excluding hydrogens is 486 g/mol. The number of piperidine rings is 1. The summed E-state index contributed by atoms with van der Waals surface area (Å²) in [6, 6.07) is 20.6. The zero-order chi connectivity index (χ0) is 27.2. The fraction of sp³-hybridized carbons (Fsp3) is 0.375. The molecular formula is C32H39N5O2. The molecule has 7 heteroatoms. The lowest BCUT2D eigenvalue weighted by atomic mass is 9.89. The van der Waals surface area contributed by atoms with Crippen LogP contribution in [0.1, 0.15) is 48.0 Å². The molecule has 0 radical (unpaired) electrons. The molecule has 204 valence electrons. The Bertz CT molecular complexity index is 1390. The van der Waals surface area contributed by atoms with E-state index < -0.39 is 0 Å². The summed E-state index contributed by atoms with van der Waals surface area (Å²) in [5.41, 5.74) is 5.22. The highest BCUT2D eigenvalue weighted by Crippen LogP contribution is 2.31. The van der Waals surface area contributed by atoms with E-state index in [9.17, 15) is 4.79 Å². The predicted octanol–water partition coefficient (Wildman–Crippen LogP) is 6.20. The maximum Gasteiger partial charge on any atom is 0.256 e. The lowest BCUT2D eigenvalue weighted by molar-refractivity contribution is 0.102. The van der Waals surface area contributed by atoms with Crippen molar-refractivity contribution in [2.24, 2.45) is 7.05 Å². The summed E-state index contributed by atoms with van der Waals surface area (Å²) < 4.78 is 7.44. The molecule has 7 nitrogen and oxygen atoms in total. The van der Waals surface area contributed by atoms with Gasteiger partial charge in [0, 0.05) is 73.6 Å². The molecule has 0 saturated carbocycles. The lowest BCUT2D eigenvalue weighted by Crippen LogP contribution is -2.32. The molecule has 3 heterocycles. The number of nitrogens with one attached hydrogen (secondary N) is 1. The molecule has 4 aromatic rings. The number of amides is 1. The van der Waals surface area contributed by atoms with Gasteiger partial charge in [0.2, 0.25) is 0 Å². The van der Waals surface area contributed by atoms with E-state index in [1.165, 1.54) is 29.3 Å². The van der Waals surface area contributed by atoms with E-state index in [0.29, 0.717) is 23.9 Å². The van der Waals surface area contributed by atoms with Gasteiger partial charge in [-0.05, 0) is 92.8 Å². The Morgan fingerprint density at radius 2 is 1.82 bits per heavy atom. The Balaban J connectivity index is 1.30. The van der Waals surface area contributed by atoms with E-state index in [2.05, 4.69) is 81.2 Å². The number of carbonyl (C=O) groups is 1. The van der Waals surface area contributed by atoms with E-state index >= 15 is 0 Å². The third kappa shape index (κ3) is 6.32. The normalized spacial score (nSPS) is 14.5. The summed E-state index contributed by atoms with van der Waals surface area (Å²) in [5.74, 6) is 0.956. The fourth-order valence-corrected chi connectivity index (χ4v) is 5.54. The third-order valence-electron chi connectivity index (χ3n) is 7.89. The number of methoxy groups -OCH3 is 1. The standard InChI is InChI=1S/C32H39N5O2/c1-4-36-19-14-25(15-20-36)24-6-8-26(9-7-24)32(38)34-31-23-29(12-16-33-31)37(17-5-21-39-3)28-10-11-30-27(22-28)13-18-35(30)2/h6-13,16,18,22-23,25H,4-5,14-15,17,19-21H2,1-3H3,(H,33,34,38). The van der Waals surface area contributed by atoms with Gasteiger partial charge in [-0.1, -0.05) is 19.1 Å². The zero-order valence-electron chi connectivity index (χ0n) is 23.3. The fourth-order valence-electron chi connectivity index (χ4n) is 5.54. The SMILES string of the molecule is CCN1CCC(c2ccc(C(=O)Nc3cc(N(CCCOC)c4ccc5c(ccn5C)c4)ccn3)cc2)CC1. The van der Waals surface area contributed by atoms with Crippen LogP contribution in [0.15, 0.2) is 73.1 Å². The van der Waals surface area contributed by atoms with Crippen molar-refractivity contribution in [1.82, 2.24) is 14.5 Å². The van der Waals surface area contributed by atoms with Crippen LogP contribution in [0, 0.1) is 0 Å². The van der Waals surface area contributed by atoms with Gasteiger partial charge in [0.25, 0.3) is 5.91 Å². The highest BCUT2D eigenvalue weighted by molar-refractivity contribution is 6.04. The molecule has 0 atom stereocenters. The number of anilines is 3. The molecule has 0 unspecified atom stereocenters. The summed E-state index contributed by atoms with van der Waals surface area (Å²) in [7, 11) is 3.78. The molecule has 5 rings (SSSR count). The minimum Gasteiger partial charge on any atom is -0.385 e. The van der Waals surface area contributed by atoms with Crippen LogP contribution in [0.2, 0.25) is 0 Å². The second-order valence-electron chi connectivity index (χ2n) is 10.4. The molecule has 0 aliphatic carbocycles. The summed E-state index contributed by atoms with van der Waals surface area (Å²) in [6.07, 6.45) is 7.05. The second-order valence-corrected chi connectivity index (χ2v) is 10.4. The van der Waals surface area contributed by atoms with Crippen molar-refractivity contribution in [3.05, 3.63) is 84.2 Å². The van der Waals surface area contributed by atoms with Crippen LogP contribution < -0.4 is 10.2 Å². The smallest absolute Gasteiger partial charge is 0.256 e. The number of rotatable bonds is 10. The van der Waals surface area contributed by atoms with Gasteiger partial charge in [0.1, 0.15) is 5.82 Å². The molecule has 1 aliphatic heterocycles. The van der Waals surface area contributed by atoms with Crippen LogP contribution in [-0.4, -0.2) is 60.3 Å². The monoisotopic (exact) mass is 525 g/mol. The number of nitrogens with zero attached hydrogens (tertiary/aromatic N) is 4. The minimum absolute atomic E-state index is 0.149. The van der Waals surface area contributed by atoms with Crippen LogP contribution in [0.4, 0.5) is 17.2 Å². The Morgan fingerprint density at radius 3 is 2.56 bits per heavy atom. The third-order valence-corrected chi connectivity index (χ3v) is 7.89. The number of hydrogen-bond donors (Lipinski definition) is 1. The van der Waals surface area contributed by atoms with Crippen LogP contribution in [0.3, 0.4) is 0 Å². The van der Waals surface area contributed by atoms with Gasteiger partial charge in [0.15, 0.2) is 0 Å². The van der Waals surface area contributed by atoms with Gasteiger partial charge < -0.3 is 24.4 Å². The van der Waals surface area contributed by atoms with Crippen molar-refractivity contribution in [1.29, 1.82) is 0 Å². The predicted molar refractivity (Wildman–Crippen MR) is 159 cm³/mol. The number of likely N-dealkylation sites (tertiary alicyclic amines) is 1. The first-order chi connectivity index (χ1) is 19.1. The number of pyridine rings is 1. The molecule has 2 aromatic carbocycles. The first-order valence-corrected chi connectivity index (χ1v) is 14.0. The van der Waals surface area contributed by atoms with Crippen molar-refractivity contribution in [3.8, 4) is 0 Å². The average Bonchev–Trinajstić information content (AvgIpc) is 3.35. The number of carbonyl (C=O) groups excluding carboxylic acids is 1. The lowest BCUT2D eigenvalue weighted by Gasteiger charge is -2.31. The molecule has 1 fully saturated rings. The van der Waals surface area contributed by atoms with E-state index in [-0.39, 0.29) is 5.91 Å². The van der Waals surface area contributed by atoms with Gasteiger partial charge in [-0.2, -0.15) is 0 Å². The van der Waals surface area contributed by atoms with Crippen LogP contribution in [0.25, 0.3) is 10.9 Å². The van der Waals surface area contributed by atoms with Crippen molar-refractivity contribution < 1.29 is 9.53 Å². The number of hydrogen-bond acceptors (Lipinski definition) is 5. The Morgan fingerprint density at radius 1 is 1.05 bits per heavy atom. The van der Waals surface area contributed by atoms with E-state index in [1.54, 1.807) is 13.3 Å². The van der Waals surface area contributed by atoms with Crippen LogP contribution >= 0.6 is 0 Å². The van der Waals surface area contributed by atoms with Crippen molar-refractivity contribution in [2.75, 3.05) is 50.1 Å². The highest BCUT2D eigenvalue weighted by Gasteiger charge is 2.20. The molecule has 1 amide bonds. The van der Waals surface area contributed by atoms with Gasteiger partial charge in [-0.15, -0.1) is 0 Å². The number of benzene rings is 2. The molecule has 0 spiro atoms. The topological polar surface area (TPSA) is 62.6 Å². The van der Waals surface area contributed by atoms with Gasteiger partial charge in [0.05, 0.1) is 0 Å². The Hall–Kier alpha value is -3.68. The quantitative estimate of drug-likeness (QED) is 0.250. The largest absolute Gasteiger partial charge is 0.385 e. The molecule has 1 saturated heterocycles. The summed E-state index contributed by atoms with van der Waals surface area (Å²) in [4.78, 5) is 22.3. The van der Waals surface area contributed by atoms with E-state index in [4.69, 9.17) is 4.74 Å². The number of fused-ring (bicyclic) bond motifs is 1. The first kappa shape index (κ1) is 26.9. The summed E-state index contributed by atoms with van der Waals surface area (Å²) >= 11 is 0. The van der Waals surface area contributed by atoms with Gasteiger partial charge in [-0.3, -0.25) is 4.79 Å². The van der Waals surface area contributed by atoms with E-state index in [0.717, 1.165) is 44.0 Å². The van der Waals surface area contributed by atoms with Gasteiger partial charge >= 0.3 is 0 Å². The number of aromatic nitrogens is 2. The maximum absolute atomic E-state index is 13.1. The minimum atomic E-state index is -0.149. The number of aryl methyl sites for hydroxylation is 1. The summed E-state index contributed by atoms with van der Waals surface area (Å²) in [5, 5.41) is 4.19. The average molecular weight is 526 g/mol. The van der Waals surface area contributed by atoms with Crippen molar-refractivity contribution in [3.63, 3.8) is 0 Å². The maximum atomic E-state index is 13.1. The van der Waals surface area contributed by atoms with Crippen LogP contribution in [-0.2, 0) is 11.8 Å². The van der Waals surface area contributed by atoms with Crippen molar-refractivity contribution >= 4 is 34.0 Å². The molecule has 39 heavy (non-hydrogen) atoms. The summed E-state index contributed by atoms with van der Waals surface area (Å²) in [6.45, 7) is 7.09. The van der Waals surface area contributed by atoms with Crippen LogP contribution in [0.5, 0.6) is 0 Å².